The van der Waals surface area contributed by atoms with Gasteiger partial charge in [-0.2, -0.15) is 0 Å². The van der Waals surface area contributed by atoms with Crippen LogP contribution in [0.4, 0.5) is 0 Å². The Labute approximate surface area is 181 Å². The number of ether oxygens (including phenoxy) is 1. The lowest BCUT2D eigenvalue weighted by atomic mass is 9.77. The van der Waals surface area contributed by atoms with Gasteiger partial charge in [-0.05, 0) is 62.0 Å². The SMILES string of the molecule is CN(C)Cc1ccccc1C1(c2ccc(Cl)cc2)OC(C)(O)c2ccc(Cl)cc21. The number of rotatable bonds is 4. The molecule has 0 radical (unpaired) electrons. The van der Waals surface area contributed by atoms with Crippen LogP contribution in [0.1, 0.15) is 34.7 Å². The molecule has 29 heavy (non-hydrogen) atoms. The Morgan fingerprint density at radius 3 is 2.21 bits per heavy atom. The van der Waals surface area contributed by atoms with E-state index in [1.165, 1.54) is 0 Å². The van der Waals surface area contributed by atoms with Crippen molar-refractivity contribution in [1.82, 2.24) is 4.90 Å². The maximum atomic E-state index is 11.2. The first kappa shape index (κ1) is 20.4. The fourth-order valence-electron chi connectivity index (χ4n) is 4.22. The highest BCUT2D eigenvalue weighted by molar-refractivity contribution is 6.31. The van der Waals surface area contributed by atoms with E-state index in [-0.39, 0.29) is 0 Å². The smallest absolute Gasteiger partial charge is 0.191 e. The van der Waals surface area contributed by atoms with Crippen LogP contribution in [0.3, 0.4) is 0 Å². The lowest BCUT2D eigenvalue weighted by molar-refractivity contribution is -0.225. The molecule has 0 aliphatic carbocycles. The Balaban J connectivity index is 2.08. The fourth-order valence-corrected chi connectivity index (χ4v) is 4.52. The van der Waals surface area contributed by atoms with Gasteiger partial charge in [-0.3, -0.25) is 0 Å². The Hall–Kier alpha value is -1.88. The molecular formula is C24H23Cl2NO2. The number of hydrogen-bond donors (Lipinski definition) is 1. The summed E-state index contributed by atoms with van der Waals surface area (Å²) in [6, 6.07) is 21.2. The predicted molar refractivity (Wildman–Crippen MR) is 117 cm³/mol. The van der Waals surface area contributed by atoms with Crippen molar-refractivity contribution >= 4 is 23.2 Å². The van der Waals surface area contributed by atoms with Crippen LogP contribution >= 0.6 is 23.2 Å². The van der Waals surface area contributed by atoms with E-state index in [0.29, 0.717) is 15.6 Å². The minimum absolute atomic E-state index is 0.591. The van der Waals surface area contributed by atoms with E-state index in [4.69, 9.17) is 27.9 Å². The molecular weight excluding hydrogens is 405 g/mol. The van der Waals surface area contributed by atoms with E-state index in [9.17, 15) is 5.11 Å². The number of benzene rings is 3. The van der Waals surface area contributed by atoms with E-state index in [2.05, 4.69) is 17.0 Å². The second kappa shape index (κ2) is 7.42. The summed E-state index contributed by atoms with van der Waals surface area (Å²) in [5.74, 6) is -1.47. The molecule has 150 valence electrons. The number of hydrogen-bond acceptors (Lipinski definition) is 3. The fraction of sp³-hybridized carbons (Fsp3) is 0.250. The molecule has 3 nitrogen and oxygen atoms in total. The molecule has 2 unspecified atom stereocenters. The quantitative estimate of drug-likeness (QED) is 0.592. The molecule has 2 atom stereocenters. The van der Waals surface area contributed by atoms with Crippen LogP contribution in [0.2, 0.25) is 10.0 Å². The molecule has 1 aliphatic rings. The standard InChI is InChI=1S/C24H23Cl2NO2/c1-23(28)21-13-12-19(26)14-22(21)24(29-23,17-8-10-18(25)11-9-17)20-7-5-4-6-16(20)15-27(2)3/h4-14,28H,15H2,1-3H3. The van der Waals surface area contributed by atoms with Crippen LogP contribution in [-0.2, 0) is 22.7 Å². The highest BCUT2D eigenvalue weighted by Crippen LogP contribution is 2.54. The van der Waals surface area contributed by atoms with Gasteiger partial charge in [-0.25, -0.2) is 0 Å². The Bertz CT molecular complexity index is 1050. The highest BCUT2D eigenvalue weighted by atomic mass is 35.5. The lowest BCUT2D eigenvalue weighted by Gasteiger charge is -2.35. The van der Waals surface area contributed by atoms with Crippen molar-refractivity contribution in [2.24, 2.45) is 0 Å². The third-order valence-corrected chi connectivity index (χ3v) is 5.83. The summed E-state index contributed by atoms with van der Waals surface area (Å²) in [6.45, 7) is 2.40. The Kier molecular flexibility index (Phi) is 5.22. The van der Waals surface area contributed by atoms with Gasteiger partial charge in [-0.1, -0.05) is 65.7 Å². The van der Waals surface area contributed by atoms with E-state index in [1.807, 2.05) is 62.6 Å². The highest BCUT2D eigenvalue weighted by Gasteiger charge is 2.53. The second-order valence-electron chi connectivity index (χ2n) is 7.86. The van der Waals surface area contributed by atoms with Gasteiger partial charge in [0.05, 0.1) is 0 Å². The van der Waals surface area contributed by atoms with Crippen molar-refractivity contribution in [3.8, 4) is 0 Å². The Morgan fingerprint density at radius 2 is 1.52 bits per heavy atom. The predicted octanol–water partition coefficient (Wildman–Crippen LogP) is 5.54. The van der Waals surface area contributed by atoms with Gasteiger partial charge in [-0.15, -0.1) is 0 Å². The summed E-state index contributed by atoms with van der Waals surface area (Å²) in [7, 11) is 4.06. The van der Waals surface area contributed by atoms with Crippen molar-refractivity contribution in [2.75, 3.05) is 14.1 Å². The molecule has 3 aromatic rings. The van der Waals surface area contributed by atoms with Crippen LogP contribution in [0.5, 0.6) is 0 Å². The maximum absolute atomic E-state index is 11.2. The largest absolute Gasteiger partial charge is 0.362 e. The van der Waals surface area contributed by atoms with Gasteiger partial charge >= 0.3 is 0 Å². The molecule has 0 saturated heterocycles. The zero-order valence-electron chi connectivity index (χ0n) is 16.6. The zero-order chi connectivity index (χ0) is 20.8. The average molecular weight is 428 g/mol. The summed E-state index contributed by atoms with van der Waals surface area (Å²) >= 11 is 12.6. The number of halogens is 2. The second-order valence-corrected chi connectivity index (χ2v) is 8.73. The van der Waals surface area contributed by atoms with Crippen molar-refractivity contribution in [3.63, 3.8) is 0 Å². The molecule has 1 aliphatic heterocycles. The minimum Gasteiger partial charge on any atom is -0.362 e. The molecule has 0 fully saturated rings. The van der Waals surface area contributed by atoms with E-state index >= 15 is 0 Å². The molecule has 0 aromatic heterocycles. The third-order valence-electron chi connectivity index (χ3n) is 5.35. The van der Waals surface area contributed by atoms with Crippen molar-refractivity contribution < 1.29 is 9.84 Å². The van der Waals surface area contributed by atoms with Crippen LogP contribution < -0.4 is 0 Å². The first-order valence-corrected chi connectivity index (χ1v) is 10.2. The molecule has 0 saturated carbocycles. The molecule has 4 rings (SSSR count). The topological polar surface area (TPSA) is 32.7 Å². The zero-order valence-corrected chi connectivity index (χ0v) is 18.1. The molecule has 5 heteroatoms. The number of aliphatic hydroxyl groups is 1. The van der Waals surface area contributed by atoms with Crippen molar-refractivity contribution in [1.29, 1.82) is 0 Å². The van der Waals surface area contributed by atoms with E-state index in [1.54, 1.807) is 13.0 Å². The monoisotopic (exact) mass is 427 g/mol. The van der Waals surface area contributed by atoms with Crippen LogP contribution in [-0.4, -0.2) is 24.1 Å². The first-order chi connectivity index (χ1) is 13.7. The van der Waals surface area contributed by atoms with E-state index in [0.717, 1.165) is 28.8 Å². The molecule has 0 amide bonds. The third kappa shape index (κ3) is 3.48. The van der Waals surface area contributed by atoms with Crippen LogP contribution in [0, 0.1) is 0 Å². The molecule has 0 spiro atoms. The molecule has 3 aromatic carbocycles. The van der Waals surface area contributed by atoms with Gasteiger partial charge in [0, 0.05) is 27.7 Å². The van der Waals surface area contributed by atoms with Gasteiger partial charge in [0.15, 0.2) is 5.79 Å². The molecule has 1 heterocycles. The van der Waals surface area contributed by atoms with Gasteiger partial charge in [0.1, 0.15) is 5.60 Å². The van der Waals surface area contributed by atoms with Crippen LogP contribution in [0.15, 0.2) is 66.7 Å². The van der Waals surface area contributed by atoms with Gasteiger partial charge in [0.25, 0.3) is 0 Å². The summed E-state index contributed by atoms with van der Waals surface area (Å²) < 4.78 is 6.53. The first-order valence-electron chi connectivity index (χ1n) is 9.46. The lowest BCUT2D eigenvalue weighted by Crippen LogP contribution is -2.34. The number of nitrogens with zero attached hydrogens (tertiary/aromatic N) is 1. The summed E-state index contributed by atoms with van der Waals surface area (Å²) in [4.78, 5) is 2.11. The normalized spacial score (nSPS) is 23.4. The minimum atomic E-state index is -1.47. The maximum Gasteiger partial charge on any atom is 0.191 e. The average Bonchev–Trinajstić information content (AvgIpc) is 2.90. The molecule has 1 N–H and O–H groups in total. The number of fused-ring (bicyclic) bond motifs is 1. The van der Waals surface area contributed by atoms with Gasteiger partial charge in [0.2, 0.25) is 0 Å². The molecule has 0 bridgehead atoms. The summed E-state index contributed by atoms with van der Waals surface area (Å²) in [5.41, 5.74) is 3.49. The van der Waals surface area contributed by atoms with Crippen molar-refractivity contribution in [3.05, 3.63) is 105 Å². The van der Waals surface area contributed by atoms with Gasteiger partial charge < -0.3 is 14.7 Å². The van der Waals surface area contributed by atoms with Crippen molar-refractivity contribution in [2.45, 2.75) is 24.9 Å². The Morgan fingerprint density at radius 1 is 0.862 bits per heavy atom. The summed E-state index contributed by atoms with van der Waals surface area (Å²) in [6.07, 6.45) is 0. The summed E-state index contributed by atoms with van der Waals surface area (Å²) in [5, 5.41) is 12.5. The van der Waals surface area contributed by atoms with E-state index < -0.39 is 11.4 Å². The van der Waals surface area contributed by atoms with Crippen LogP contribution in [0.25, 0.3) is 0 Å².